The Balaban J connectivity index is 1.43. The van der Waals surface area contributed by atoms with E-state index in [1.54, 1.807) is 0 Å². The molecule has 3 aromatic rings. The molecule has 2 N–H and O–H groups in total. The summed E-state index contributed by atoms with van der Waals surface area (Å²) in [6, 6.07) is 18.5. The number of nitrogens with zero attached hydrogens (tertiary/aromatic N) is 1. The van der Waals surface area contributed by atoms with Crippen molar-refractivity contribution in [1.82, 2.24) is 15.2 Å². The number of carbonyl (C=O) groups is 1. The lowest BCUT2D eigenvalue weighted by Gasteiger charge is -2.33. The smallest absolute Gasteiger partial charge is 0.240 e. The Morgan fingerprint density at radius 3 is 2.72 bits per heavy atom. The van der Waals surface area contributed by atoms with E-state index in [-0.39, 0.29) is 11.9 Å². The van der Waals surface area contributed by atoms with Gasteiger partial charge in [-0.05, 0) is 30.0 Å². The third-order valence-electron chi connectivity index (χ3n) is 4.99. The molecule has 4 rings (SSSR count). The zero-order valence-corrected chi connectivity index (χ0v) is 14.2. The van der Waals surface area contributed by atoms with E-state index in [2.05, 4.69) is 46.7 Å². The topological polar surface area (TPSA) is 48.1 Å². The number of benzene rings is 2. The second-order valence-corrected chi connectivity index (χ2v) is 6.63. The Labute approximate surface area is 147 Å². The van der Waals surface area contributed by atoms with E-state index in [9.17, 15) is 4.79 Å². The highest BCUT2D eigenvalue weighted by Gasteiger charge is 2.28. The summed E-state index contributed by atoms with van der Waals surface area (Å²) in [6.07, 6.45) is 3.67. The van der Waals surface area contributed by atoms with Crippen LogP contribution in [0.4, 0.5) is 0 Å². The van der Waals surface area contributed by atoms with Crippen LogP contribution < -0.4 is 5.32 Å². The maximum Gasteiger partial charge on any atom is 0.240 e. The number of piperazine rings is 1. The van der Waals surface area contributed by atoms with Gasteiger partial charge in [-0.2, -0.15) is 0 Å². The average Bonchev–Trinajstić information content (AvgIpc) is 3.06. The molecule has 0 bridgehead atoms. The molecule has 0 spiro atoms. The van der Waals surface area contributed by atoms with E-state index in [1.165, 1.54) is 16.5 Å². The van der Waals surface area contributed by atoms with Crippen molar-refractivity contribution in [3.8, 4) is 0 Å². The number of hydrogen-bond acceptors (Lipinski definition) is 2. The molecule has 1 aliphatic heterocycles. The number of aromatic amines is 1. The summed E-state index contributed by atoms with van der Waals surface area (Å²) in [4.78, 5) is 18.2. The number of H-pyrrole nitrogens is 1. The number of carbonyl (C=O) groups excluding carboxylic acids is 1. The van der Waals surface area contributed by atoms with Crippen molar-refractivity contribution < 1.29 is 4.79 Å². The van der Waals surface area contributed by atoms with Crippen LogP contribution in [0.3, 0.4) is 0 Å². The van der Waals surface area contributed by atoms with Crippen molar-refractivity contribution in [2.45, 2.75) is 18.9 Å². The fourth-order valence-electron chi connectivity index (χ4n) is 3.60. The average molecular weight is 333 g/mol. The van der Waals surface area contributed by atoms with Crippen molar-refractivity contribution in [2.24, 2.45) is 0 Å². The lowest BCUT2D eigenvalue weighted by atomic mass is 10.0. The molecular weight excluding hydrogens is 310 g/mol. The highest BCUT2D eigenvalue weighted by Crippen LogP contribution is 2.20. The van der Waals surface area contributed by atoms with E-state index < -0.39 is 0 Å². The predicted octanol–water partition coefficient (Wildman–Crippen LogP) is 2.75. The fourth-order valence-corrected chi connectivity index (χ4v) is 3.60. The molecule has 2 aromatic carbocycles. The molecule has 1 atom stereocenters. The van der Waals surface area contributed by atoms with E-state index in [0.29, 0.717) is 0 Å². The van der Waals surface area contributed by atoms with Crippen LogP contribution in [-0.2, 0) is 17.6 Å². The maximum atomic E-state index is 12.9. The molecule has 1 aromatic heterocycles. The standard InChI is InChI=1S/C21H23N3O/c25-21-20(14-17-15-23-19-9-5-4-8-18(17)19)22-11-13-24(21)12-10-16-6-2-1-3-7-16/h1-9,15,20,22-23H,10-14H2/t20-/m1/s1. The predicted molar refractivity (Wildman–Crippen MR) is 101 cm³/mol. The lowest BCUT2D eigenvalue weighted by Crippen LogP contribution is -2.56. The molecule has 1 saturated heterocycles. The molecular formula is C21H23N3O. The monoisotopic (exact) mass is 333 g/mol. The van der Waals surface area contributed by atoms with Gasteiger partial charge in [0.1, 0.15) is 0 Å². The summed E-state index contributed by atoms with van der Waals surface area (Å²) in [5.74, 6) is 0.215. The molecule has 0 radical (unpaired) electrons. The van der Waals surface area contributed by atoms with E-state index in [0.717, 1.165) is 38.0 Å². The van der Waals surface area contributed by atoms with Gasteiger partial charge in [0.2, 0.25) is 5.91 Å². The van der Waals surface area contributed by atoms with Gasteiger partial charge in [-0.1, -0.05) is 48.5 Å². The van der Waals surface area contributed by atoms with Gasteiger partial charge >= 0.3 is 0 Å². The summed E-state index contributed by atoms with van der Waals surface area (Å²) in [5, 5.41) is 4.60. The summed E-state index contributed by atoms with van der Waals surface area (Å²) < 4.78 is 0. The molecule has 128 valence electrons. The van der Waals surface area contributed by atoms with Crippen LogP contribution in [0.1, 0.15) is 11.1 Å². The van der Waals surface area contributed by atoms with Crippen molar-refractivity contribution in [2.75, 3.05) is 19.6 Å². The first kappa shape index (κ1) is 15.9. The van der Waals surface area contributed by atoms with Crippen molar-refractivity contribution in [1.29, 1.82) is 0 Å². The van der Waals surface area contributed by atoms with E-state index in [4.69, 9.17) is 0 Å². The fraction of sp³-hybridized carbons (Fsp3) is 0.286. The molecule has 0 aliphatic carbocycles. The van der Waals surface area contributed by atoms with Crippen LogP contribution in [0.2, 0.25) is 0 Å². The van der Waals surface area contributed by atoms with E-state index in [1.807, 2.05) is 29.3 Å². The molecule has 4 nitrogen and oxygen atoms in total. The van der Waals surface area contributed by atoms with Gasteiger partial charge < -0.3 is 15.2 Å². The van der Waals surface area contributed by atoms with E-state index >= 15 is 0 Å². The molecule has 1 aliphatic rings. The Morgan fingerprint density at radius 2 is 1.84 bits per heavy atom. The third kappa shape index (κ3) is 3.44. The number of hydrogen-bond donors (Lipinski definition) is 2. The highest BCUT2D eigenvalue weighted by molar-refractivity contribution is 5.86. The number of fused-ring (bicyclic) bond motifs is 1. The molecule has 0 unspecified atom stereocenters. The van der Waals surface area contributed by atoms with Crippen molar-refractivity contribution in [3.63, 3.8) is 0 Å². The molecule has 25 heavy (non-hydrogen) atoms. The largest absolute Gasteiger partial charge is 0.361 e. The minimum atomic E-state index is -0.135. The Hall–Kier alpha value is -2.59. The summed E-state index contributed by atoms with van der Waals surface area (Å²) in [7, 11) is 0. The first-order chi connectivity index (χ1) is 12.3. The van der Waals surface area contributed by atoms with Gasteiger partial charge in [-0.3, -0.25) is 4.79 Å². The number of nitrogens with one attached hydrogen (secondary N) is 2. The number of para-hydroxylation sites is 1. The van der Waals surface area contributed by atoms with Crippen LogP contribution in [0.25, 0.3) is 10.9 Å². The Bertz CT molecular complexity index is 856. The number of aromatic nitrogens is 1. The quantitative estimate of drug-likeness (QED) is 0.754. The molecule has 1 fully saturated rings. The summed E-state index contributed by atoms with van der Waals surface area (Å²) in [5.41, 5.74) is 3.61. The maximum absolute atomic E-state index is 12.9. The Kier molecular flexibility index (Phi) is 4.53. The third-order valence-corrected chi connectivity index (χ3v) is 4.99. The Morgan fingerprint density at radius 1 is 1.04 bits per heavy atom. The molecule has 2 heterocycles. The highest BCUT2D eigenvalue weighted by atomic mass is 16.2. The molecule has 4 heteroatoms. The first-order valence-electron chi connectivity index (χ1n) is 8.92. The minimum Gasteiger partial charge on any atom is -0.361 e. The van der Waals surface area contributed by atoms with Crippen molar-refractivity contribution >= 4 is 16.8 Å². The lowest BCUT2D eigenvalue weighted by molar-refractivity contribution is -0.135. The van der Waals surface area contributed by atoms with Gasteiger partial charge in [-0.15, -0.1) is 0 Å². The summed E-state index contributed by atoms with van der Waals surface area (Å²) in [6.45, 7) is 2.43. The summed E-state index contributed by atoms with van der Waals surface area (Å²) >= 11 is 0. The van der Waals surface area contributed by atoms with Gasteiger partial charge in [0, 0.05) is 36.7 Å². The van der Waals surface area contributed by atoms with Crippen LogP contribution >= 0.6 is 0 Å². The molecule has 0 saturated carbocycles. The van der Waals surface area contributed by atoms with Crippen LogP contribution in [0.15, 0.2) is 60.8 Å². The van der Waals surface area contributed by atoms with Crippen molar-refractivity contribution in [3.05, 3.63) is 71.9 Å². The zero-order valence-electron chi connectivity index (χ0n) is 14.2. The minimum absolute atomic E-state index is 0.135. The van der Waals surface area contributed by atoms with Gasteiger partial charge in [0.15, 0.2) is 0 Å². The SMILES string of the molecule is O=C1[C@@H](Cc2c[nH]c3ccccc23)NCCN1CCc1ccccc1. The van der Waals surface area contributed by atoms with Crippen LogP contribution in [0.5, 0.6) is 0 Å². The zero-order chi connectivity index (χ0) is 17.1. The van der Waals surface area contributed by atoms with Crippen LogP contribution in [0, 0.1) is 0 Å². The second-order valence-electron chi connectivity index (χ2n) is 6.63. The first-order valence-corrected chi connectivity index (χ1v) is 8.92. The van der Waals surface area contributed by atoms with Gasteiger partial charge in [0.25, 0.3) is 0 Å². The second kappa shape index (κ2) is 7.11. The normalized spacial score (nSPS) is 18.0. The van der Waals surface area contributed by atoms with Gasteiger partial charge in [-0.25, -0.2) is 0 Å². The number of rotatable bonds is 5. The molecule has 1 amide bonds. The number of amides is 1. The van der Waals surface area contributed by atoms with Gasteiger partial charge in [0.05, 0.1) is 6.04 Å². The van der Waals surface area contributed by atoms with Crippen LogP contribution in [-0.4, -0.2) is 41.5 Å².